The van der Waals surface area contributed by atoms with E-state index in [1.54, 1.807) is 4.90 Å². The Hall–Kier alpha value is -2.89. The molecule has 0 aromatic heterocycles. The van der Waals surface area contributed by atoms with Crippen LogP contribution in [0, 0.1) is 5.82 Å². The first-order valence-corrected chi connectivity index (χ1v) is 9.83. The zero-order valence-corrected chi connectivity index (χ0v) is 15.7. The third kappa shape index (κ3) is 3.86. The number of likely N-dealkylation sites (tertiary alicyclic amines) is 1. The first kappa shape index (κ1) is 18.5. The van der Waals surface area contributed by atoms with Crippen LogP contribution in [-0.2, 0) is 11.2 Å². The summed E-state index contributed by atoms with van der Waals surface area (Å²) in [4.78, 5) is 27.2. The summed E-state index contributed by atoms with van der Waals surface area (Å²) < 4.78 is 13.0. The van der Waals surface area contributed by atoms with E-state index in [2.05, 4.69) is 22.8 Å². The number of aryl methyl sites for hydroxylation is 1. The van der Waals surface area contributed by atoms with Crippen LogP contribution < -0.4 is 10.6 Å². The van der Waals surface area contributed by atoms with Gasteiger partial charge >= 0.3 is 6.03 Å². The lowest BCUT2D eigenvalue weighted by atomic mass is 9.87. The molecule has 1 heterocycles. The highest BCUT2D eigenvalue weighted by Crippen LogP contribution is 2.30. The molecule has 0 unspecified atom stereocenters. The maximum atomic E-state index is 13.0. The van der Waals surface area contributed by atoms with Gasteiger partial charge in [0.05, 0.1) is 6.04 Å². The van der Waals surface area contributed by atoms with Crippen molar-refractivity contribution in [3.8, 4) is 0 Å². The quantitative estimate of drug-likeness (QED) is 0.844. The second-order valence-electron chi connectivity index (χ2n) is 7.44. The summed E-state index contributed by atoms with van der Waals surface area (Å²) in [6, 6.07) is 13.0. The zero-order valence-electron chi connectivity index (χ0n) is 15.7. The normalized spacial score (nSPS) is 21.1. The topological polar surface area (TPSA) is 61.4 Å². The van der Waals surface area contributed by atoms with Gasteiger partial charge in [-0.1, -0.05) is 24.3 Å². The van der Waals surface area contributed by atoms with Crippen LogP contribution in [-0.4, -0.2) is 29.4 Å². The Bertz CT molecular complexity index is 868. The number of carbonyl (C=O) groups excluding carboxylic acids is 2. The van der Waals surface area contributed by atoms with E-state index >= 15 is 0 Å². The highest BCUT2D eigenvalue weighted by molar-refractivity contribution is 5.94. The molecule has 146 valence electrons. The third-order valence-electron chi connectivity index (χ3n) is 5.60. The summed E-state index contributed by atoms with van der Waals surface area (Å²) in [7, 11) is 0. The molecular weight excluding hydrogens is 357 g/mol. The maximum absolute atomic E-state index is 13.0. The minimum Gasteiger partial charge on any atom is -0.347 e. The minimum atomic E-state index is -0.477. The van der Waals surface area contributed by atoms with Crippen molar-refractivity contribution in [1.29, 1.82) is 0 Å². The van der Waals surface area contributed by atoms with Gasteiger partial charge in [-0.05, 0) is 67.5 Å². The van der Waals surface area contributed by atoms with Crippen molar-refractivity contribution in [2.75, 3.05) is 11.9 Å². The number of hydrogen-bond acceptors (Lipinski definition) is 2. The van der Waals surface area contributed by atoms with Gasteiger partial charge in [0.2, 0.25) is 5.91 Å². The van der Waals surface area contributed by atoms with Crippen molar-refractivity contribution in [3.63, 3.8) is 0 Å². The molecule has 0 saturated carbocycles. The molecule has 0 bridgehead atoms. The van der Waals surface area contributed by atoms with E-state index in [0.29, 0.717) is 18.7 Å². The zero-order chi connectivity index (χ0) is 19.5. The molecule has 3 amide bonds. The lowest BCUT2D eigenvalue weighted by molar-refractivity contribution is -0.125. The van der Waals surface area contributed by atoms with Crippen LogP contribution in [0.25, 0.3) is 0 Å². The summed E-state index contributed by atoms with van der Waals surface area (Å²) in [5, 5.41) is 5.92. The van der Waals surface area contributed by atoms with Gasteiger partial charge < -0.3 is 15.5 Å². The predicted molar refractivity (Wildman–Crippen MR) is 105 cm³/mol. The van der Waals surface area contributed by atoms with Crippen LogP contribution in [0.3, 0.4) is 0 Å². The Morgan fingerprint density at radius 3 is 2.61 bits per heavy atom. The smallest absolute Gasteiger partial charge is 0.322 e. The van der Waals surface area contributed by atoms with Crippen molar-refractivity contribution in [3.05, 3.63) is 65.5 Å². The number of hydrogen-bond donors (Lipinski definition) is 2. The number of rotatable bonds is 3. The standard InChI is InChI=1S/C22H24FN3O2/c23-16-10-12-17(13-11-16)24-22(28)26-14-4-9-20(26)21(27)25-19-8-3-6-15-5-1-2-7-18(15)19/h1-2,5,7,10-13,19-20H,3-4,6,8-9,14H2,(H,24,28)(H,25,27)/t19-,20-/m0/s1. The average molecular weight is 381 g/mol. The van der Waals surface area contributed by atoms with Crippen LogP contribution in [0.5, 0.6) is 0 Å². The number of benzene rings is 2. The Morgan fingerprint density at radius 2 is 1.79 bits per heavy atom. The fourth-order valence-electron chi connectivity index (χ4n) is 4.18. The molecule has 0 spiro atoms. The number of halogens is 1. The molecule has 2 aromatic rings. The maximum Gasteiger partial charge on any atom is 0.322 e. The highest BCUT2D eigenvalue weighted by Gasteiger charge is 2.35. The van der Waals surface area contributed by atoms with Crippen molar-refractivity contribution in [2.45, 2.75) is 44.2 Å². The van der Waals surface area contributed by atoms with Gasteiger partial charge in [-0.15, -0.1) is 0 Å². The summed E-state index contributed by atoms with van der Waals surface area (Å²) in [5.74, 6) is -0.461. The summed E-state index contributed by atoms with van der Waals surface area (Å²) in [6.07, 6.45) is 4.43. The molecule has 1 aliphatic carbocycles. The fraction of sp³-hybridized carbons (Fsp3) is 0.364. The number of fused-ring (bicyclic) bond motifs is 1. The van der Waals surface area contributed by atoms with Crippen molar-refractivity contribution < 1.29 is 14.0 Å². The lowest BCUT2D eigenvalue weighted by Gasteiger charge is -2.30. The molecule has 6 heteroatoms. The van der Waals surface area contributed by atoms with Gasteiger partial charge in [0.15, 0.2) is 0 Å². The van der Waals surface area contributed by atoms with E-state index in [-0.39, 0.29) is 23.8 Å². The number of carbonyl (C=O) groups is 2. The Kier molecular flexibility index (Phi) is 5.28. The first-order valence-electron chi connectivity index (χ1n) is 9.83. The Balaban J connectivity index is 1.42. The lowest BCUT2D eigenvalue weighted by Crippen LogP contribution is -2.48. The molecule has 2 aliphatic rings. The predicted octanol–water partition coefficient (Wildman–Crippen LogP) is 4.02. The second-order valence-corrected chi connectivity index (χ2v) is 7.44. The van der Waals surface area contributed by atoms with Crippen molar-refractivity contribution in [2.24, 2.45) is 0 Å². The Labute approximate surface area is 163 Å². The molecule has 28 heavy (non-hydrogen) atoms. The molecular formula is C22H24FN3O2. The molecule has 2 atom stereocenters. The molecule has 5 nitrogen and oxygen atoms in total. The SMILES string of the molecule is O=C(N[C@H]1CCCc2ccccc21)[C@@H]1CCCN1C(=O)Nc1ccc(F)cc1. The van der Waals surface area contributed by atoms with Gasteiger partial charge in [0.25, 0.3) is 0 Å². The number of urea groups is 1. The third-order valence-corrected chi connectivity index (χ3v) is 5.60. The fourth-order valence-corrected chi connectivity index (χ4v) is 4.18. The van der Waals surface area contributed by atoms with Crippen molar-refractivity contribution in [1.82, 2.24) is 10.2 Å². The summed E-state index contributed by atoms with van der Waals surface area (Å²) in [6.45, 7) is 0.534. The largest absolute Gasteiger partial charge is 0.347 e. The van der Waals surface area contributed by atoms with Crippen LogP contribution in [0.2, 0.25) is 0 Å². The first-order chi connectivity index (χ1) is 13.6. The van der Waals surface area contributed by atoms with Gasteiger partial charge in [-0.25, -0.2) is 9.18 Å². The van der Waals surface area contributed by atoms with Crippen LogP contribution >= 0.6 is 0 Å². The number of nitrogens with one attached hydrogen (secondary N) is 2. The molecule has 4 rings (SSSR count). The molecule has 0 radical (unpaired) electrons. The monoisotopic (exact) mass is 381 g/mol. The number of nitrogens with zero attached hydrogens (tertiary/aromatic N) is 1. The Morgan fingerprint density at radius 1 is 1.00 bits per heavy atom. The van der Waals surface area contributed by atoms with E-state index in [9.17, 15) is 14.0 Å². The molecule has 1 fully saturated rings. The second kappa shape index (κ2) is 8.00. The van der Waals surface area contributed by atoms with E-state index in [1.807, 2.05) is 12.1 Å². The molecule has 1 saturated heterocycles. The summed E-state index contributed by atoms with van der Waals surface area (Å²) >= 11 is 0. The van der Waals surface area contributed by atoms with Crippen LogP contribution in [0.4, 0.5) is 14.9 Å². The van der Waals surface area contributed by atoms with Crippen LogP contribution in [0.1, 0.15) is 42.9 Å². The van der Waals surface area contributed by atoms with Gasteiger partial charge in [-0.2, -0.15) is 0 Å². The minimum absolute atomic E-state index is 0.0000553. The summed E-state index contributed by atoms with van der Waals surface area (Å²) in [5.41, 5.74) is 2.98. The highest BCUT2D eigenvalue weighted by atomic mass is 19.1. The molecule has 1 aliphatic heterocycles. The average Bonchev–Trinajstić information content (AvgIpc) is 3.20. The van der Waals surface area contributed by atoms with Gasteiger partial charge in [0.1, 0.15) is 11.9 Å². The van der Waals surface area contributed by atoms with Crippen LogP contribution in [0.15, 0.2) is 48.5 Å². The van der Waals surface area contributed by atoms with Gasteiger partial charge in [0, 0.05) is 12.2 Å². The number of anilines is 1. The van der Waals surface area contributed by atoms with E-state index < -0.39 is 6.04 Å². The number of amides is 3. The van der Waals surface area contributed by atoms with E-state index in [4.69, 9.17) is 0 Å². The molecule has 2 N–H and O–H groups in total. The van der Waals surface area contributed by atoms with E-state index in [1.165, 1.54) is 35.4 Å². The van der Waals surface area contributed by atoms with Crippen molar-refractivity contribution >= 4 is 17.6 Å². The molecule has 2 aromatic carbocycles. The van der Waals surface area contributed by atoms with E-state index in [0.717, 1.165) is 25.7 Å². The van der Waals surface area contributed by atoms with Gasteiger partial charge in [-0.3, -0.25) is 4.79 Å².